The van der Waals surface area contributed by atoms with Gasteiger partial charge in [0.1, 0.15) is 5.75 Å². The summed E-state index contributed by atoms with van der Waals surface area (Å²) in [6, 6.07) is 15.5. The van der Waals surface area contributed by atoms with Crippen LogP contribution in [0.1, 0.15) is 40.6 Å². The molecule has 31 heavy (non-hydrogen) atoms. The van der Waals surface area contributed by atoms with Crippen molar-refractivity contribution in [2.75, 3.05) is 7.11 Å². The molecule has 0 unspecified atom stereocenters. The molecule has 2 heterocycles. The highest BCUT2D eigenvalue weighted by molar-refractivity contribution is 7.13. The average molecular weight is 432 g/mol. The maximum Gasteiger partial charge on any atom is 0.282 e. The molecule has 0 amide bonds. The fourth-order valence-corrected chi connectivity index (χ4v) is 4.35. The number of hydrogen-bond acceptors (Lipinski definition) is 5. The first-order chi connectivity index (χ1) is 14.9. The monoisotopic (exact) mass is 431 g/mol. The van der Waals surface area contributed by atoms with Crippen LogP contribution in [-0.4, -0.2) is 23.0 Å². The first-order valence-corrected chi connectivity index (χ1v) is 11.0. The highest BCUT2D eigenvalue weighted by Crippen LogP contribution is 2.34. The first-order valence-electron chi connectivity index (χ1n) is 10.2. The Morgan fingerprint density at radius 2 is 1.90 bits per heavy atom. The predicted octanol–water partition coefficient (Wildman–Crippen LogP) is 5.76. The Bertz CT molecular complexity index is 1350. The lowest BCUT2D eigenvalue weighted by Crippen LogP contribution is -2.20. The number of fused-ring (bicyclic) bond motifs is 1. The summed E-state index contributed by atoms with van der Waals surface area (Å²) >= 11 is 1.63. The van der Waals surface area contributed by atoms with Gasteiger partial charge in [-0.15, -0.1) is 11.3 Å². The van der Waals surface area contributed by atoms with Gasteiger partial charge in [-0.05, 0) is 67.3 Å². The van der Waals surface area contributed by atoms with E-state index in [9.17, 15) is 4.79 Å². The molecule has 0 spiro atoms. The molecule has 4 rings (SSSR count). The minimum atomic E-state index is -0.188. The third-order valence-corrected chi connectivity index (χ3v) is 6.19. The Morgan fingerprint density at radius 3 is 2.58 bits per heavy atom. The molecule has 0 saturated carbocycles. The molecule has 158 valence electrons. The van der Waals surface area contributed by atoms with Crippen LogP contribution in [0.5, 0.6) is 5.75 Å². The van der Waals surface area contributed by atoms with Crippen molar-refractivity contribution in [3.63, 3.8) is 0 Å². The molecule has 0 saturated heterocycles. The van der Waals surface area contributed by atoms with Gasteiger partial charge in [-0.3, -0.25) is 4.79 Å². The zero-order valence-electron chi connectivity index (χ0n) is 18.3. The summed E-state index contributed by atoms with van der Waals surface area (Å²) in [5.74, 6) is 1.62. The lowest BCUT2D eigenvalue weighted by Gasteiger charge is -2.17. The van der Waals surface area contributed by atoms with Gasteiger partial charge in [0.05, 0.1) is 24.2 Å². The van der Waals surface area contributed by atoms with Gasteiger partial charge in [0, 0.05) is 15.3 Å². The number of aryl methyl sites for hydroxylation is 2. The van der Waals surface area contributed by atoms with E-state index in [4.69, 9.17) is 9.72 Å². The van der Waals surface area contributed by atoms with Crippen LogP contribution in [0.2, 0.25) is 0 Å². The molecule has 0 bridgehead atoms. The van der Waals surface area contributed by atoms with Crippen LogP contribution in [0.25, 0.3) is 22.3 Å². The second kappa shape index (κ2) is 8.47. The fraction of sp³-hybridized carbons (Fsp3) is 0.240. The van der Waals surface area contributed by atoms with Gasteiger partial charge in [0.2, 0.25) is 0 Å². The zero-order chi connectivity index (χ0) is 22.1. The van der Waals surface area contributed by atoms with Gasteiger partial charge in [-0.25, -0.2) is 4.98 Å². The number of rotatable bonds is 5. The Balaban J connectivity index is 2.00. The molecular formula is C25H25N3O2S. The normalized spacial score (nSPS) is 11.7. The summed E-state index contributed by atoms with van der Waals surface area (Å²) in [6.07, 6.45) is 1.72. The molecule has 2 aromatic heterocycles. The molecule has 6 heteroatoms. The van der Waals surface area contributed by atoms with E-state index < -0.39 is 0 Å². The third-order valence-electron chi connectivity index (χ3n) is 5.26. The average Bonchev–Trinajstić information content (AvgIpc) is 3.17. The highest BCUT2D eigenvalue weighted by Gasteiger charge is 2.18. The van der Waals surface area contributed by atoms with Crippen LogP contribution in [0, 0.1) is 13.8 Å². The highest BCUT2D eigenvalue weighted by atomic mass is 32.1. The van der Waals surface area contributed by atoms with Gasteiger partial charge in [0.25, 0.3) is 5.56 Å². The largest absolute Gasteiger partial charge is 0.496 e. The van der Waals surface area contributed by atoms with Crippen molar-refractivity contribution in [1.82, 2.24) is 9.66 Å². The van der Waals surface area contributed by atoms with E-state index in [-0.39, 0.29) is 11.5 Å². The smallest absolute Gasteiger partial charge is 0.282 e. The van der Waals surface area contributed by atoms with E-state index >= 15 is 0 Å². The van der Waals surface area contributed by atoms with Gasteiger partial charge >= 0.3 is 0 Å². The lowest BCUT2D eigenvalue weighted by molar-refractivity contribution is 0.407. The first kappa shape index (κ1) is 21.0. The number of aromatic nitrogens is 2. The molecule has 0 N–H and O–H groups in total. The van der Waals surface area contributed by atoms with Gasteiger partial charge < -0.3 is 4.74 Å². The van der Waals surface area contributed by atoms with Crippen molar-refractivity contribution in [3.8, 4) is 17.1 Å². The fourth-order valence-electron chi connectivity index (χ4n) is 3.61. The summed E-state index contributed by atoms with van der Waals surface area (Å²) in [5.41, 5.74) is 3.37. The summed E-state index contributed by atoms with van der Waals surface area (Å²) in [4.78, 5) is 20.4. The maximum atomic E-state index is 13.4. The minimum absolute atomic E-state index is 0.188. The van der Waals surface area contributed by atoms with E-state index in [1.54, 1.807) is 30.7 Å². The van der Waals surface area contributed by atoms with E-state index in [0.717, 1.165) is 27.3 Å². The van der Waals surface area contributed by atoms with Crippen LogP contribution >= 0.6 is 11.3 Å². The van der Waals surface area contributed by atoms with Crippen LogP contribution in [0.3, 0.4) is 0 Å². The molecular weight excluding hydrogens is 406 g/mol. The van der Waals surface area contributed by atoms with E-state index in [1.165, 1.54) is 9.55 Å². The maximum absolute atomic E-state index is 13.4. The van der Waals surface area contributed by atoms with Gasteiger partial charge in [0.15, 0.2) is 5.82 Å². The molecule has 5 nitrogen and oxygen atoms in total. The van der Waals surface area contributed by atoms with Gasteiger partial charge in [-0.2, -0.15) is 9.78 Å². The second-order valence-corrected chi connectivity index (χ2v) is 9.15. The number of nitrogens with zero attached hydrogens (tertiary/aromatic N) is 3. The minimum Gasteiger partial charge on any atom is -0.496 e. The van der Waals surface area contributed by atoms with Crippen molar-refractivity contribution >= 4 is 28.5 Å². The van der Waals surface area contributed by atoms with E-state index in [0.29, 0.717) is 16.7 Å². The topological polar surface area (TPSA) is 56.5 Å². The van der Waals surface area contributed by atoms with E-state index in [1.807, 2.05) is 50.2 Å². The quantitative estimate of drug-likeness (QED) is 0.378. The molecule has 4 aromatic rings. The number of methoxy groups -OCH3 is 1. The SMILES string of the molecule is COc1cc(C)c(-c2nc3ccccc3c(=O)n2N=Cc2ccc(C)s2)cc1C(C)C. The lowest BCUT2D eigenvalue weighted by atomic mass is 9.96. The van der Waals surface area contributed by atoms with Crippen molar-refractivity contribution in [3.05, 3.63) is 79.8 Å². The van der Waals surface area contributed by atoms with Crippen molar-refractivity contribution < 1.29 is 4.74 Å². The second-order valence-electron chi connectivity index (χ2n) is 7.83. The van der Waals surface area contributed by atoms with Crippen LogP contribution in [-0.2, 0) is 0 Å². The van der Waals surface area contributed by atoms with Crippen LogP contribution in [0.4, 0.5) is 0 Å². The summed E-state index contributed by atoms with van der Waals surface area (Å²) in [6.45, 7) is 8.29. The molecule has 0 aliphatic carbocycles. The van der Waals surface area contributed by atoms with Crippen molar-refractivity contribution in [2.24, 2.45) is 5.10 Å². The van der Waals surface area contributed by atoms with E-state index in [2.05, 4.69) is 25.0 Å². The van der Waals surface area contributed by atoms with Crippen molar-refractivity contribution in [2.45, 2.75) is 33.6 Å². The Kier molecular flexibility index (Phi) is 5.74. The van der Waals surface area contributed by atoms with Crippen molar-refractivity contribution in [1.29, 1.82) is 0 Å². The molecule has 0 radical (unpaired) electrons. The Hall–Kier alpha value is -3.25. The standard InChI is InChI=1S/C25H25N3O2S/c1-15(2)20-13-21(16(3)12-23(20)30-5)24-27-22-9-7-6-8-19(22)25(29)28(24)26-14-18-11-10-17(4)31-18/h6-15H,1-5H3. The number of thiophene rings is 1. The number of benzene rings is 2. The Labute approximate surface area is 185 Å². The number of ether oxygens (including phenoxy) is 1. The number of para-hydroxylation sites is 1. The van der Waals surface area contributed by atoms with Gasteiger partial charge in [-0.1, -0.05) is 26.0 Å². The molecule has 0 fully saturated rings. The van der Waals surface area contributed by atoms with Crippen LogP contribution in [0.15, 0.2) is 58.4 Å². The summed E-state index contributed by atoms with van der Waals surface area (Å²) in [5, 5.41) is 5.11. The Morgan fingerprint density at radius 1 is 1.13 bits per heavy atom. The summed E-state index contributed by atoms with van der Waals surface area (Å²) < 4.78 is 7.01. The number of hydrogen-bond donors (Lipinski definition) is 0. The predicted molar refractivity (Wildman–Crippen MR) is 129 cm³/mol. The molecule has 0 aliphatic heterocycles. The molecule has 0 aliphatic rings. The third kappa shape index (κ3) is 4.03. The summed E-state index contributed by atoms with van der Waals surface area (Å²) in [7, 11) is 1.68. The van der Waals surface area contributed by atoms with Crippen LogP contribution < -0.4 is 10.3 Å². The zero-order valence-corrected chi connectivity index (χ0v) is 19.2. The molecule has 2 aromatic carbocycles. The molecule has 0 atom stereocenters.